The highest BCUT2D eigenvalue weighted by atomic mass is 35.5. The quantitative estimate of drug-likeness (QED) is 0.631. The van der Waals surface area contributed by atoms with Crippen molar-refractivity contribution >= 4 is 22.6 Å². The molecule has 0 aliphatic heterocycles. The second-order valence-corrected chi connectivity index (χ2v) is 4.60. The fourth-order valence-electron chi connectivity index (χ4n) is 1.89. The average molecular weight is 252 g/mol. The number of hydrogen-bond acceptors (Lipinski definition) is 2. The van der Waals surface area contributed by atoms with Crippen LogP contribution in [0.25, 0.3) is 11.0 Å². The number of aryl methyl sites for hydroxylation is 1. The van der Waals surface area contributed by atoms with Crippen molar-refractivity contribution in [3.05, 3.63) is 30.1 Å². The zero-order valence-corrected chi connectivity index (χ0v) is 10.9. The van der Waals surface area contributed by atoms with E-state index in [1.54, 1.807) is 0 Å². The number of halogens is 1. The molecule has 1 aromatic carbocycles. The van der Waals surface area contributed by atoms with Gasteiger partial charge in [0.05, 0.1) is 17.4 Å². The number of alkyl halides is 1. The molecular weight excluding hydrogens is 234 g/mol. The van der Waals surface area contributed by atoms with Crippen LogP contribution >= 0.6 is 11.6 Å². The Labute approximate surface area is 107 Å². The molecule has 0 aliphatic carbocycles. The summed E-state index contributed by atoms with van der Waals surface area (Å²) >= 11 is 5.61. The predicted octanol–water partition coefficient (Wildman–Crippen LogP) is 2.33. The Hall–Kier alpha value is -1.06. The van der Waals surface area contributed by atoms with Crippen LogP contribution in [0.2, 0.25) is 0 Å². The highest BCUT2D eigenvalue weighted by molar-refractivity contribution is 6.17. The third-order valence-electron chi connectivity index (χ3n) is 2.87. The van der Waals surface area contributed by atoms with Gasteiger partial charge in [0, 0.05) is 12.9 Å². The lowest BCUT2D eigenvalue weighted by Gasteiger charge is -2.04. The summed E-state index contributed by atoms with van der Waals surface area (Å²) in [5, 5.41) is 3.38. The summed E-state index contributed by atoms with van der Waals surface area (Å²) < 4.78 is 2.04. The van der Waals surface area contributed by atoms with Crippen molar-refractivity contribution in [2.45, 2.75) is 12.8 Å². The van der Waals surface area contributed by atoms with Gasteiger partial charge in [-0.3, -0.25) is 0 Å². The first kappa shape index (κ1) is 12.4. The minimum atomic E-state index is 0.729. The summed E-state index contributed by atoms with van der Waals surface area (Å²) in [7, 11) is 2.02. The number of imidazole rings is 1. The van der Waals surface area contributed by atoms with Gasteiger partial charge in [-0.25, -0.2) is 4.98 Å². The van der Waals surface area contributed by atoms with Crippen molar-refractivity contribution in [3.8, 4) is 0 Å². The SMILES string of the molecule is Cn1cnc2cc(CCNCCCCl)ccc21. The zero-order chi connectivity index (χ0) is 12.1. The van der Waals surface area contributed by atoms with Gasteiger partial charge in [-0.2, -0.15) is 0 Å². The second-order valence-electron chi connectivity index (χ2n) is 4.22. The molecule has 2 aromatic rings. The van der Waals surface area contributed by atoms with E-state index in [4.69, 9.17) is 11.6 Å². The van der Waals surface area contributed by atoms with Gasteiger partial charge in [0.2, 0.25) is 0 Å². The maximum Gasteiger partial charge on any atom is 0.0955 e. The largest absolute Gasteiger partial charge is 0.334 e. The van der Waals surface area contributed by atoms with Gasteiger partial charge < -0.3 is 9.88 Å². The van der Waals surface area contributed by atoms with Gasteiger partial charge in [-0.05, 0) is 43.6 Å². The van der Waals surface area contributed by atoms with E-state index in [2.05, 4.69) is 28.5 Å². The first-order chi connectivity index (χ1) is 8.31. The monoisotopic (exact) mass is 251 g/mol. The summed E-state index contributed by atoms with van der Waals surface area (Å²) in [5.41, 5.74) is 3.59. The van der Waals surface area contributed by atoms with Crippen LogP contribution in [0.1, 0.15) is 12.0 Å². The van der Waals surface area contributed by atoms with Gasteiger partial charge in [-0.1, -0.05) is 6.07 Å². The van der Waals surface area contributed by atoms with E-state index >= 15 is 0 Å². The van der Waals surface area contributed by atoms with Gasteiger partial charge >= 0.3 is 0 Å². The minimum absolute atomic E-state index is 0.729. The summed E-state index contributed by atoms with van der Waals surface area (Å²) in [5.74, 6) is 0.729. The van der Waals surface area contributed by atoms with Crippen LogP contribution in [-0.2, 0) is 13.5 Å². The molecule has 3 nitrogen and oxygen atoms in total. The standard InChI is InChI=1S/C13H18ClN3/c1-17-10-16-12-9-11(3-4-13(12)17)5-8-15-7-2-6-14/h3-4,9-10,15H,2,5-8H2,1H3. The number of fused-ring (bicyclic) bond motifs is 1. The van der Waals surface area contributed by atoms with E-state index in [1.165, 1.54) is 11.1 Å². The average Bonchev–Trinajstić information content (AvgIpc) is 2.71. The van der Waals surface area contributed by atoms with Crippen LogP contribution in [0.15, 0.2) is 24.5 Å². The molecule has 0 atom stereocenters. The van der Waals surface area contributed by atoms with Crippen molar-refractivity contribution in [3.63, 3.8) is 0 Å². The molecule has 0 amide bonds. The van der Waals surface area contributed by atoms with Crippen LogP contribution in [0, 0.1) is 0 Å². The molecule has 0 bridgehead atoms. The third kappa shape index (κ3) is 3.20. The molecule has 17 heavy (non-hydrogen) atoms. The smallest absolute Gasteiger partial charge is 0.0955 e. The lowest BCUT2D eigenvalue weighted by molar-refractivity contribution is 0.673. The van der Waals surface area contributed by atoms with Crippen LogP contribution in [0.4, 0.5) is 0 Å². The molecular formula is C13H18ClN3. The summed E-state index contributed by atoms with van der Waals surface area (Å²) in [6.45, 7) is 1.99. The molecule has 1 aromatic heterocycles. The zero-order valence-electron chi connectivity index (χ0n) is 10.1. The number of rotatable bonds is 6. The molecule has 0 saturated carbocycles. The summed E-state index contributed by atoms with van der Waals surface area (Å²) in [6.07, 6.45) is 3.92. The molecule has 0 aliphatic rings. The number of hydrogen-bond donors (Lipinski definition) is 1. The number of aromatic nitrogens is 2. The minimum Gasteiger partial charge on any atom is -0.334 e. The van der Waals surface area contributed by atoms with E-state index in [0.29, 0.717) is 0 Å². The van der Waals surface area contributed by atoms with Crippen molar-refractivity contribution in [2.24, 2.45) is 7.05 Å². The second kappa shape index (κ2) is 6.03. The number of nitrogens with zero attached hydrogens (tertiary/aromatic N) is 2. The van der Waals surface area contributed by atoms with E-state index in [0.717, 1.165) is 37.3 Å². The molecule has 1 heterocycles. The van der Waals surface area contributed by atoms with Crippen molar-refractivity contribution < 1.29 is 0 Å². The third-order valence-corrected chi connectivity index (χ3v) is 3.13. The first-order valence-corrected chi connectivity index (χ1v) is 6.51. The van der Waals surface area contributed by atoms with Crippen molar-refractivity contribution in [1.82, 2.24) is 14.9 Å². The molecule has 2 rings (SSSR count). The Kier molecular flexibility index (Phi) is 4.40. The van der Waals surface area contributed by atoms with E-state index in [-0.39, 0.29) is 0 Å². The highest BCUT2D eigenvalue weighted by Gasteiger charge is 2.00. The Morgan fingerprint density at radius 1 is 1.35 bits per heavy atom. The van der Waals surface area contributed by atoms with Gasteiger partial charge in [0.25, 0.3) is 0 Å². The molecule has 4 heteroatoms. The molecule has 0 saturated heterocycles. The summed E-state index contributed by atoms with van der Waals surface area (Å²) in [4.78, 5) is 4.36. The van der Waals surface area contributed by atoms with Crippen molar-refractivity contribution in [2.75, 3.05) is 19.0 Å². The molecule has 92 valence electrons. The molecule has 0 unspecified atom stereocenters. The highest BCUT2D eigenvalue weighted by Crippen LogP contribution is 2.13. The van der Waals surface area contributed by atoms with Crippen LogP contribution in [0.3, 0.4) is 0 Å². The molecule has 0 spiro atoms. The first-order valence-electron chi connectivity index (χ1n) is 5.98. The lowest BCUT2D eigenvalue weighted by atomic mass is 10.1. The Balaban J connectivity index is 1.91. The molecule has 1 N–H and O–H groups in total. The van der Waals surface area contributed by atoms with Crippen LogP contribution in [-0.4, -0.2) is 28.5 Å². The Morgan fingerprint density at radius 2 is 2.24 bits per heavy atom. The van der Waals surface area contributed by atoms with Crippen molar-refractivity contribution in [1.29, 1.82) is 0 Å². The number of nitrogens with one attached hydrogen (secondary N) is 1. The van der Waals surface area contributed by atoms with Gasteiger partial charge in [-0.15, -0.1) is 11.6 Å². The summed E-state index contributed by atoms with van der Waals surface area (Å²) in [6, 6.07) is 6.47. The van der Waals surface area contributed by atoms with Crippen LogP contribution < -0.4 is 5.32 Å². The van der Waals surface area contributed by atoms with E-state index in [1.807, 2.05) is 17.9 Å². The fourth-order valence-corrected chi connectivity index (χ4v) is 2.02. The van der Waals surface area contributed by atoms with Crippen LogP contribution in [0.5, 0.6) is 0 Å². The van der Waals surface area contributed by atoms with Gasteiger partial charge in [0.1, 0.15) is 0 Å². The molecule has 0 fully saturated rings. The Morgan fingerprint density at radius 3 is 3.06 bits per heavy atom. The fraction of sp³-hybridized carbons (Fsp3) is 0.462. The molecule has 0 radical (unpaired) electrons. The number of benzene rings is 1. The van der Waals surface area contributed by atoms with E-state index < -0.39 is 0 Å². The predicted molar refractivity (Wildman–Crippen MR) is 72.6 cm³/mol. The maximum atomic E-state index is 5.61. The van der Waals surface area contributed by atoms with Gasteiger partial charge in [0.15, 0.2) is 0 Å². The Bertz CT molecular complexity index is 478. The topological polar surface area (TPSA) is 29.9 Å². The lowest BCUT2D eigenvalue weighted by Crippen LogP contribution is -2.18. The normalized spacial score (nSPS) is 11.2. The maximum absolute atomic E-state index is 5.61. The van der Waals surface area contributed by atoms with E-state index in [9.17, 15) is 0 Å².